The Morgan fingerprint density at radius 2 is 1.85 bits per heavy atom. The van der Waals surface area contributed by atoms with Gasteiger partial charge < -0.3 is 10.6 Å². The second-order valence-electron chi connectivity index (χ2n) is 4.32. The molecule has 1 heterocycles. The van der Waals surface area contributed by atoms with Gasteiger partial charge in [0.25, 0.3) is 5.91 Å². The minimum atomic E-state index is -0.137. The van der Waals surface area contributed by atoms with Crippen LogP contribution >= 0.6 is 15.9 Å². The molecule has 0 saturated carbocycles. The summed E-state index contributed by atoms with van der Waals surface area (Å²) < 4.78 is 1.03. The first kappa shape index (κ1) is 14.5. The number of rotatable bonds is 5. The van der Waals surface area contributed by atoms with Crippen molar-refractivity contribution in [2.45, 2.75) is 13.3 Å². The highest BCUT2D eigenvalue weighted by Crippen LogP contribution is 2.18. The third-order valence-corrected chi connectivity index (χ3v) is 3.19. The molecule has 2 N–H and O–H groups in total. The maximum atomic E-state index is 11.7. The van der Waals surface area contributed by atoms with Gasteiger partial charge in [0, 0.05) is 16.7 Å². The number of carbonyl (C=O) groups is 1. The first-order valence-corrected chi connectivity index (χ1v) is 7.25. The molecule has 5 heteroatoms. The molecule has 0 fully saturated rings. The van der Waals surface area contributed by atoms with E-state index in [9.17, 15) is 4.79 Å². The van der Waals surface area contributed by atoms with Crippen molar-refractivity contribution in [2.75, 3.05) is 11.9 Å². The van der Waals surface area contributed by atoms with Gasteiger partial charge in [-0.3, -0.25) is 4.79 Å². The molecule has 1 aromatic heterocycles. The fourth-order valence-electron chi connectivity index (χ4n) is 1.63. The van der Waals surface area contributed by atoms with E-state index in [0.29, 0.717) is 12.2 Å². The monoisotopic (exact) mass is 333 g/mol. The van der Waals surface area contributed by atoms with Crippen molar-refractivity contribution in [1.82, 2.24) is 10.3 Å². The van der Waals surface area contributed by atoms with Gasteiger partial charge >= 0.3 is 0 Å². The Balaban J connectivity index is 2.01. The zero-order valence-electron chi connectivity index (χ0n) is 11.2. The highest BCUT2D eigenvalue weighted by Gasteiger charge is 2.05. The molecule has 104 valence electrons. The molecule has 1 amide bonds. The van der Waals surface area contributed by atoms with Crippen LogP contribution < -0.4 is 10.6 Å². The Bertz CT molecular complexity index is 567. The van der Waals surface area contributed by atoms with Crippen molar-refractivity contribution >= 4 is 33.2 Å². The second kappa shape index (κ2) is 7.05. The van der Waals surface area contributed by atoms with Crippen LogP contribution in [-0.2, 0) is 0 Å². The minimum Gasteiger partial charge on any atom is -0.354 e. The number of nitrogens with one attached hydrogen (secondary N) is 2. The molecule has 2 rings (SSSR count). The van der Waals surface area contributed by atoms with Crippen molar-refractivity contribution in [1.29, 1.82) is 0 Å². The van der Waals surface area contributed by atoms with Crippen LogP contribution in [0.4, 0.5) is 11.4 Å². The summed E-state index contributed by atoms with van der Waals surface area (Å²) in [4.78, 5) is 15.9. The largest absolute Gasteiger partial charge is 0.354 e. The Labute approximate surface area is 126 Å². The van der Waals surface area contributed by atoms with Gasteiger partial charge in [-0.1, -0.05) is 22.9 Å². The lowest BCUT2D eigenvalue weighted by molar-refractivity contribution is 0.0949. The lowest BCUT2D eigenvalue weighted by atomic mass is 10.3. The van der Waals surface area contributed by atoms with E-state index in [4.69, 9.17) is 0 Å². The maximum absolute atomic E-state index is 11.7. The summed E-state index contributed by atoms with van der Waals surface area (Å²) >= 11 is 3.39. The van der Waals surface area contributed by atoms with E-state index < -0.39 is 0 Å². The van der Waals surface area contributed by atoms with Crippen molar-refractivity contribution in [3.63, 3.8) is 0 Å². The van der Waals surface area contributed by atoms with Crippen molar-refractivity contribution < 1.29 is 4.79 Å². The van der Waals surface area contributed by atoms with E-state index in [1.165, 1.54) is 0 Å². The van der Waals surface area contributed by atoms with E-state index in [2.05, 4.69) is 31.5 Å². The number of halogens is 1. The number of nitrogens with zero attached hydrogens (tertiary/aromatic N) is 1. The first-order chi connectivity index (χ1) is 9.69. The van der Waals surface area contributed by atoms with Crippen LogP contribution in [0, 0.1) is 0 Å². The lowest BCUT2D eigenvalue weighted by Gasteiger charge is -2.07. The fourth-order valence-corrected chi connectivity index (χ4v) is 1.90. The maximum Gasteiger partial charge on any atom is 0.269 e. The third kappa shape index (κ3) is 4.06. The second-order valence-corrected chi connectivity index (χ2v) is 5.24. The number of pyridine rings is 1. The summed E-state index contributed by atoms with van der Waals surface area (Å²) in [6.45, 7) is 2.68. The predicted octanol–water partition coefficient (Wildman–Crippen LogP) is 3.73. The van der Waals surface area contributed by atoms with Gasteiger partial charge in [-0.25, -0.2) is 4.98 Å². The molecule has 0 radical (unpaired) electrons. The van der Waals surface area contributed by atoms with Crippen molar-refractivity contribution in [3.8, 4) is 0 Å². The number of hydrogen-bond acceptors (Lipinski definition) is 3. The van der Waals surface area contributed by atoms with E-state index in [0.717, 1.165) is 22.3 Å². The molecule has 0 bridgehead atoms. The smallest absolute Gasteiger partial charge is 0.269 e. The molecular weight excluding hydrogens is 318 g/mol. The number of aromatic nitrogens is 1. The number of carbonyl (C=O) groups excluding carboxylic acids is 1. The summed E-state index contributed by atoms with van der Waals surface area (Å²) in [5, 5.41) is 6.02. The number of anilines is 2. The molecule has 0 unspecified atom stereocenters. The van der Waals surface area contributed by atoms with Gasteiger partial charge in [-0.05, 0) is 42.8 Å². The van der Waals surface area contributed by atoms with Crippen LogP contribution in [0.3, 0.4) is 0 Å². The first-order valence-electron chi connectivity index (χ1n) is 6.46. The predicted molar refractivity (Wildman–Crippen MR) is 84.3 cm³/mol. The molecule has 0 aliphatic carbocycles. The summed E-state index contributed by atoms with van der Waals surface area (Å²) in [5.74, 6) is -0.137. The topological polar surface area (TPSA) is 54.0 Å². The third-order valence-electron chi connectivity index (χ3n) is 2.66. The van der Waals surface area contributed by atoms with Gasteiger partial charge in [-0.15, -0.1) is 0 Å². The molecule has 0 atom stereocenters. The lowest BCUT2D eigenvalue weighted by Crippen LogP contribution is -2.24. The quantitative estimate of drug-likeness (QED) is 0.876. The summed E-state index contributed by atoms with van der Waals surface area (Å²) in [6, 6.07) is 11.4. The summed E-state index contributed by atoms with van der Waals surface area (Å²) in [6.07, 6.45) is 2.57. The Morgan fingerprint density at radius 1 is 1.15 bits per heavy atom. The highest BCUT2D eigenvalue weighted by molar-refractivity contribution is 9.10. The zero-order valence-corrected chi connectivity index (χ0v) is 12.8. The van der Waals surface area contributed by atoms with E-state index in [1.807, 2.05) is 37.3 Å². The Kier molecular flexibility index (Phi) is 5.12. The van der Waals surface area contributed by atoms with Gasteiger partial charge in [0.15, 0.2) is 0 Å². The van der Waals surface area contributed by atoms with Gasteiger partial charge in [0.2, 0.25) is 0 Å². The van der Waals surface area contributed by atoms with Crippen LogP contribution in [0.2, 0.25) is 0 Å². The molecule has 0 spiro atoms. The standard InChI is InChI=1S/C15H16BrN3O/c1-2-9-17-15(20)14-8-7-13(10-18-14)19-12-5-3-11(16)4-6-12/h3-8,10,19H,2,9H2,1H3,(H,17,20). The fraction of sp³-hybridized carbons (Fsp3) is 0.200. The van der Waals surface area contributed by atoms with Crippen LogP contribution in [-0.4, -0.2) is 17.4 Å². The average molecular weight is 334 g/mol. The van der Waals surface area contributed by atoms with Crippen LogP contribution in [0.1, 0.15) is 23.8 Å². The SMILES string of the molecule is CCCNC(=O)c1ccc(Nc2ccc(Br)cc2)cn1. The van der Waals surface area contributed by atoms with Gasteiger partial charge in [-0.2, -0.15) is 0 Å². The van der Waals surface area contributed by atoms with Crippen LogP contribution in [0.25, 0.3) is 0 Å². The normalized spacial score (nSPS) is 10.1. The van der Waals surface area contributed by atoms with E-state index in [-0.39, 0.29) is 5.91 Å². The molecule has 1 aromatic carbocycles. The molecule has 0 saturated heterocycles. The molecule has 0 aliphatic rings. The number of hydrogen-bond donors (Lipinski definition) is 2. The van der Waals surface area contributed by atoms with Crippen molar-refractivity contribution in [3.05, 3.63) is 52.8 Å². The average Bonchev–Trinajstić information content (AvgIpc) is 2.48. The summed E-state index contributed by atoms with van der Waals surface area (Å²) in [5.41, 5.74) is 2.25. The number of benzene rings is 1. The molecule has 0 aliphatic heterocycles. The van der Waals surface area contributed by atoms with Gasteiger partial charge in [0.1, 0.15) is 5.69 Å². The Hall–Kier alpha value is -1.88. The minimum absolute atomic E-state index is 0.137. The van der Waals surface area contributed by atoms with Gasteiger partial charge in [0.05, 0.1) is 11.9 Å². The van der Waals surface area contributed by atoms with Crippen LogP contribution in [0.15, 0.2) is 47.1 Å². The van der Waals surface area contributed by atoms with E-state index >= 15 is 0 Å². The molecule has 20 heavy (non-hydrogen) atoms. The molecule has 4 nitrogen and oxygen atoms in total. The van der Waals surface area contributed by atoms with Crippen LogP contribution in [0.5, 0.6) is 0 Å². The Morgan fingerprint density at radius 3 is 2.45 bits per heavy atom. The van der Waals surface area contributed by atoms with Crippen molar-refractivity contribution in [2.24, 2.45) is 0 Å². The highest BCUT2D eigenvalue weighted by atomic mass is 79.9. The summed E-state index contributed by atoms with van der Waals surface area (Å²) in [7, 11) is 0. The number of amides is 1. The molecule has 2 aromatic rings. The van der Waals surface area contributed by atoms with E-state index in [1.54, 1.807) is 12.3 Å². The zero-order chi connectivity index (χ0) is 14.4. The molecular formula is C15H16BrN3O.